The van der Waals surface area contributed by atoms with Gasteiger partial charge in [-0.1, -0.05) is 18.2 Å². The Kier molecular flexibility index (Phi) is 4.45. The van der Waals surface area contributed by atoms with Gasteiger partial charge in [0.15, 0.2) is 0 Å². The van der Waals surface area contributed by atoms with Crippen LogP contribution >= 0.6 is 0 Å². The van der Waals surface area contributed by atoms with Crippen LogP contribution in [0.4, 0.5) is 0 Å². The van der Waals surface area contributed by atoms with Crippen molar-refractivity contribution < 1.29 is 4.42 Å². The summed E-state index contributed by atoms with van der Waals surface area (Å²) in [6.07, 6.45) is 6.41. The second kappa shape index (κ2) is 7.09. The predicted octanol–water partition coefficient (Wildman–Crippen LogP) is 3.03. The Hall–Kier alpha value is -2.18. The molecule has 0 bridgehead atoms. The van der Waals surface area contributed by atoms with Crippen LogP contribution in [0, 0.1) is 0 Å². The monoisotopic (exact) mass is 365 g/mol. The Morgan fingerprint density at radius 3 is 2.85 bits per heavy atom. The zero-order valence-electron chi connectivity index (χ0n) is 15.9. The van der Waals surface area contributed by atoms with Crippen LogP contribution < -0.4 is 0 Å². The maximum absolute atomic E-state index is 6.07. The molecule has 1 unspecified atom stereocenters. The fraction of sp³-hybridized carbons (Fsp3) is 0.524. The lowest BCUT2D eigenvalue weighted by Gasteiger charge is -2.35. The summed E-state index contributed by atoms with van der Waals surface area (Å²) in [4.78, 5) is 8.39. The summed E-state index contributed by atoms with van der Waals surface area (Å²) in [5.74, 6) is 1.92. The van der Waals surface area contributed by atoms with Gasteiger partial charge in [0.1, 0.15) is 0 Å². The Morgan fingerprint density at radius 1 is 1.11 bits per heavy atom. The number of rotatable bonds is 4. The van der Waals surface area contributed by atoms with Gasteiger partial charge in [0.25, 0.3) is 0 Å². The number of likely N-dealkylation sites (tertiary alicyclic amines) is 2. The molecular weight excluding hydrogens is 338 g/mol. The number of fused-ring (bicyclic) bond motifs is 1. The number of hydrogen-bond donors (Lipinski definition) is 1. The highest BCUT2D eigenvalue weighted by Crippen LogP contribution is 2.30. The van der Waals surface area contributed by atoms with Gasteiger partial charge in [-0.05, 0) is 57.6 Å². The molecule has 5 rings (SSSR count). The summed E-state index contributed by atoms with van der Waals surface area (Å²) in [6.45, 7) is 4.63. The van der Waals surface area contributed by atoms with E-state index in [2.05, 4.69) is 50.2 Å². The molecule has 1 atom stereocenters. The molecule has 0 amide bonds. The largest absolute Gasteiger partial charge is 0.425 e. The molecule has 2 saturated heterocycles. The molecule has 27 heavy (non-hydrogen) atoms. The molecule has 142 valence electrons. The Balaban J connectivity index is 1.24. The smallest absolute Gasteiger partial charge is 0.221 e. The molecule has 1 N–H and O–H groups in total. The zero-order chi connectivity index (χ0) is 18.2. The second-order valence-corrected chi connectivity index (χ2v) is 8.09. The van der Waals surface area contributed by atoms with E-state index >= 15 is 0 Å². The van der Waals surface area contributed by atoms with Crippen LogP contribution in [-0.2, 0) is 6.42 Å². The number of nitrogens with one attached hydrogen (secondary N) is 1. The number of hydrogen-bond acceptors (Lipinski definition) is 5. The summed E-state index contributed by atoms with van der Waals surface area (Å²) in [6, 6.07) is 9.06. The SMILES string of the molecule is CN1CCC(N2CCC(c3nnc(Cc4c[nH]c5ccccc45)o3)C2)CC1. The van der Waals surface area contributed by atoms with Crippen molar-refractivity contribution in [2.45, 2.75) is 37.6 Å². The fourth-order valence-corrected chi connectivity index (χ4v) is 4.62. The minimum atomic E-state index is 0.383. The van der Waals surface area contributed by atoms with Crippen LogP contribution in [0.1, 0.15) is 42.5 Å². The van der Waals surface area contributed by atoms with Crippen LogP contribution in [0.3, 0.4) is 0 Å². The van der Waals surface area contributed by atoms with Crippen molar-refractivity contribution in [3.63, 3.8) is 0 Å². The minimum Gasteiger partial charge on any atom is -0.425 e. The van der Waals surface area contributed by atoms with Gasteiger partial charge in [-0.15, -0.1) is 10.2 Å². The molecule has 6 heteroatoms. The average molecular weight is 365 g/mol. The van der Waals surface area contributed by atoms with E-state index in [4.69, 9.17) is 4.42 Å². The van der Waals surface area contributed by atoms with Crippen molar-refractivity contribution in [3.05, 3.63) is 47.8 Å². The first-order chi connectivity index (χ1) is 13.3. The van der Waals surface area contributed by atoms with Gasteiger partial charge >= 0.3 is 0 Å². The third-order valence-corrected chi connectivity index (χ3v) is 6.27. The normalized spacial score (nSPS) is 22.8. The van der Waals surface area contributed by atoms with E-state index < -0.39 is 0 Å². The lowest BCUT2D eigenvalue weighted by Crippen LogP contribution is -2.42. The van der Waals surface area contributed by atoms with E-state index in [-0.39, 0.29) is 0 Å². The van der Waals surface area contributed by atoms with Gasteiger partial charge < -0.3 is 14.3 Å². The molecule has 2 aliphatic rings. The zero-order valence-corrected chi connectivity index (χ0v) is 15.9. The van der Waals surface area contributed by atoms with Crippen molar-refractivity contribution >= 4 is 10.9 Å². The van der Waals surface area contributed by atoms with Crippen LogP contribution in [-0.4, -0.2) is 64.2 Å². The van der Waals surface area contributed by atoms with E-state index in [1.165, 1.54) is 36.9 Å². The highest BCUT2D eigenvalue weighted by atomic mass is 16.4. The number of para-hydroxylation sites is 1. The summed E-state index contributed by atoms with van der Waals surface area (Å²) in [5, 5.41) is 9.95. The van der Waals surface area contributed by atoms with Crippen LogP contribution in [0.5, 0.6) is 0 Å². The number of nitrogens with zero attached hydrogens (tertiary/aromatic N) is 4. The summed E-state index contributed by atoms with van der Waals surface area (Å²) < 4.78 is 6.07. The first kappa shape index (κ1) is 17.0. The van der Waals surface area contributed by atoms with E-state index in [9.17, 15) is 0 Å². The molecule has 2 fully saturated rings. The minimum absolute atomic E-state index is 0.383. The third-order valence-electron chi connectivity index (χ3n) is 6.27. The molecule has 0 aliphatic carbocycles. The second-order valence-electron chi connectivity index (χ2n) is 8.09. The first-order valence-electron chi connectivity index (χ1n) is 10.1. The maximum Gasteiger partial charge on any atom is 0.221 e. The molecule has 2 aliphatic heterocycles. The Morgan fingerprint density at radius 2 is 1.96 bits per heavy atom. The van der Waals surface area contributed by atoms with Crippen molar-refractivity contribution in [1.29, 1.82) is 0 Å². The van der Waals surface area contributed by atoms with Crippen LogP contribution in [0.2, 0.25) is 0 Å². The van der Waals surface area contributed by atoms with Gasteiger partial charge in [0.2, 0.25) is 11.8 Å². The molecule has 2 aromatic heterocycles. The van der Waals surface area contributed by atoms with Gasteiger partial charge in [0, 0.05) is 29.7 Å². The van der Waals surface area contributed by atoms with Gasteiger partial charge in [0.05, 0.1) is 12.3 Å². The number of aromatic nitrogens is 3. The maximum atomic E-state index is 6.07. The highest BCUT2D eigenvalue weighted by molar-refractivity contribution is 5.83. The van der Waals surface area contributed by atoms with Crippen molar-refractivity contribution in [2.75, 3.05) is 33.2 Å². The average Bonchev–Trinajstić information content (AvgIpc) is 3.43. The molecule has 0 radical (unpaired) electrons. The summed E-state index contributed by atoms with van der Waals surface area (Å²) >= 11 is 0. The fourth-order valence-electron chi connectivity index (χ4n) is 4.62. The molecule has 1 aromatic carbocycles. The number of benzene rings is 1. The van der Waals surface area contributed by atoms with E-state index in [0.717, 1.165) is 37.0 Å². The topological polar surface area (TPSA) is 61.2 Å². The van der Waals surface area contributed by atoms with Crippen molar-refractivity contribution in [2.24, 2.45) is 0 Å². The summed E-state index contributed by atoms with van der Waals surface area (Å²) in [7, 11) is 2.22. The molecule has 3 aromatic rings. The third kappa shape index (κ3) is 3.39. The lowest BCUT2D eigenvalue weighted by molar-refractivity contribution is 0.141. The molecule has 0 saturated carbocycles. The molecule has 4 heterocycles. The molecule has 0 spiro atoms. The molecule has 6 nitrogen and oxygen atoms in total. The van der Waals surface area contributed by atoms with E-state index in [0.29, 0.717) is 18.2 Å². The van der Waals surface area contributed by atoms with Crippen molar-refractivity contribution in [3.8, 4) is 0 Å². The van der Waals surface area contributed by atoms with Crippen LogP contribution in [0.25, 0.3) is 10.9 Å². The highest BCUT2D eigenvalue weighted by Gasteiger charge is 2.33. The van der Waals surface area contributed by atoms with E-state index in [1.54, 1.807) is 0 Å². The predicted molar refractivity (Wildman–Crippen MR) is 105 cm³/mol. The Bertz CT molecular complexity index is 908. The summed E-state index contributed by atoms with van der Waals surface area (Å²) in [5.41, 5.74) is 2.36. The molecular formula is C21H27N5O. The van der Waals surface area contributed by atoms with Gasteiger partial charge in [-0.3, -0.25) is 4.90 Å². The quantitative estimate of drug-likeness (QED) is 0.770. The first-order valence-corrected chi connectivity index (χ1v) is 10.1. The van der Waals surface area contributed by atoms with Crippen LogP contribution in [0.15, 0.2) is 34.9 Å². The number of H-pyrrole nitrogens is 1. The van der Waals surface area contributed by atoms with Gasteiger partial charge in [-0.25, -0.2) is 0 Å². The van der Waals surface area contributed by atoms with Crippen molar-refractivity contribution in [1.82, 2.24) is 25.0 Å². The number of aromatic amines is 1. The van der Waals surface area contributed by atoms with Gasteiger partial charge in [-0.2, -0.15) is 0 Å². The standard InChI is InChI=1S/C21H27N5O/c1-25-9-7-17(8-10-25)26-11-6-15(14-26)21-24-23-20(27-21)12-16-13-22-19-5-3-2-4-18(16)19/h2-5,13,15,17,22H,6-12,14H2,1H3. The lowest BCUT2D eigenvalue weighted by atomic mass is 10.0. The van der Waals surface area contributed by atoms with E-state index in [1.807, 2.05) is 12.3 Å². The Labute approximate surface area is 159 Å². The number of piperidine rings is 1.